The zero-order valence-corrected chi connectivity index (χ0v) is 13.8. The van der Waals surface area contributed by atoms with E-state index in [1.165, 1.54) is 11.3 Å². The van der Waals surface area contributed by atoms with Crippen molar-refractivity contribution in [3.05, 3.63) is 44.6 Å². The van der Waals surface area contributed by atoms with Gasteiger partial charge in [-0.1, -0.05) is 42.3 Å². The van der Waals surface area contributed by atoms with Gasteiger partial charge in [0.05, 0.1) is 27.0 Å². The fourth-order valence-corrected chi connectivity index (χ4v) is 3.53. The van der Waals surface area contributed by atoms with Crippen molar-refractivity contribution in [1.29, 1.82) is 0 Å². The van der Waals surface area contributed by atoms with Gasteiger partial charge in [0.1, 0.15) is 5.75 Å². The zero-order chi connectivity index (χ0) is 14.5. The lowest BCUT2D eigenvalue weighted by Gasteiger charge is -2.18. The second kappa shape index (κ2) is 7.21. The summed E-state index contributed by atoms with van der Waals surface area (Å²) in [6.07, 6.45) is 0.982. The van der Waals surface area contributed by atoms with Gasteiger partial charge in [-0.05, 0) is 31.5 Å². The van der Waals surface area contributed by atoms with E-state index in [1.807, 2.05) is 30.3 Å². The van der Waals surface area contributed by atoms with Crippen LogP contribution in [-0.4, -0.2) is 6.61 Å². The molecule has 1 atom stereocenters. The van der Waals surface area contributed by atoms with Crippen LogP contribution in [0.1, 0.15) is 31.9 Å². The van der Waals surface area contributed by atoms with Crippen molar-refractivity contribution in [2.75, 3.05) is 11.9 Å². The average molecular weight is 330 g/mol. The first-order chi connectivity index (χ1) is 9.61. The number of para-hydroxylation sites is 2. The van der Waals surface area contributed by atoms with Crippen LogP contribution in [0.4, 0.5) is 5.69 Å². The topological polar surface area (TPSA) is 21.3 Å². The maximum Gasteiger partial charge on any atom is 0.142 e. The minimum absolute atomic E-state index is 0.0672. The summed E-state index contributed by atoms with van der Waals surface area (Å²) < 4.78 is 7.17. The van der Waals surface area contributed by atoms with Crippen LogP contribution in [0.25, 0.3) is 0 Å². The van der Waals surface area contributed by atoms with Gasteiger partial charge in [-0.25, -0.2) is 0 Å². The number of thiophene rings is 1. The molecule has 5 heteroatoms. The molecule has 0 saturated carbocycles. The van der Waals surface area contributed by atoms with Gasteiger partial charge in [0, 0.05) is 5.56 Å². The second-order valence-corrected chi connectivity index (χ2v) is 6.78. The standard InChI is InChI=1S/C15H17Cl2NOS/c1-3-8-19-13-7-5-4-6-12(13)18-10(2)11-9-14(16)20-15(11)17/h4-7,9-10,18H,3,8H2,1-2H3. The lowest BCUT2D eigenvalue weighted by molar-refractivity contribution is 0.318. The van der Waals surface area contributed by atoms with E-state index in [2.05, 4.69) is 19.2 Å². The average Bonchev–Trinajstić information content (AvgIpc) is 2.77. The molecule has 0 aliphatic heterocycles. The predicted molar refractivity (Wildman–Crippen MR) is 88.6 cm³/mol. The van der Waals surface area contributed by atoms with Crippen molar-refractivity contribution in [1.82, 2.24) is 0 Å². The Kier molecular flexibility index (Phi) is 5.58. The number of halogens is 2. The van der Waals surface area contributed by atoms with E-state index in [0.29, 0.717) is 10.9 Å². The fraction of sp³-hybridized carbons (Fsp3) is 0.333. The molecule has 1 aromatic carbocycles. The number of nitrogens with one attached hydrogen (secondary N) is 1. The van der Waals surface area contributed by atoms with Gasteiger partial charge in [-0.3, -0.25) is 0 Å². The Balaban J connectivity index is 2.15. The van der Waals surface area contributed by atoms with Gasteiger partial charge in [0.15, 0.2) is 0 Å². The molecular formula is C15H17Cl2NOS. The molecule has 1 heterocycles. The third-order valence-electron chi connectivity index (χ3n) is 2.87. The number of anilines is 1. The Morgan fingerprint density at radius 3 is 2.70 bits per heavy atom. The second-order valence-electron chi connectivity index (χ2n) is 4.49. The molecule has 0 fully saturated rings. The maximum absolute atomic E-state index is 6.19. The van der Waals surface area contributed by atoms with Gasteiger partial charge >= 0.3 is 0 Å². The molecule has 0 spiro atoms. The van der Waals surface area contributed by atoms with Gasteiger partial charge in [0.25, 0.3) is 0 Å². The van der Waals surface area contributed by atoms with E-state index in [-0.39, 0.29) is 6.04 Å². The molecule has 0 saturated heterocycles. The van der Waals surface area contributed by atoms with E-state index in [1.54, 1.807) is 0 Å². The van der Waals surface area contributed by atoms with Gasteiger partial charge in [0.2, 0.25) is 0 Å². The molecule has 0 radical (unpaired) electrons. The highest BCUT2D eigenvalue weighted by Gasteiger charge is 2.14. The highest BCUT2D eigenvalue weighted by molar-refractivity contribution is 7.20. The normalized spacial score (nSPS) is 12.2. The monoisotopic (exact) mass is 329 g/mol. The molecule has 1 N–H and O–H groups in total. The first-order valence-electron chi connectivity index (χ1n) is 6.55. The summed E-state index contributed by atoms with van der Waals surface area (Å²) in [5.41, 5.74) is 1.97. The lowest BCUT2D eigenvalue weighted by Crippen LogP contribution is -2.08. The summed E-state index contributed by atoms with van der Waals surface area (Å²) in [6.45, 7) is 4.85. The highest BCUT2D eigenvalue weighted by Crippen LogP contribution is 2.37. The Morgan fingerprint density at radius 1 is 1.30 bits per heavy atom. The summed E-state index contributed by atoms with van der Waals surface area (Å²) in [5.74, 6) is 0.860. The van der Waals surface area contributed by atoms with Crippen LogP contribution >= 0.6 is 34.5 Å². The maximum atomic E-state index is 6.19. The van der Waals surface area contributed by atoms with Crippen molar-refractivity contribution >= 4 is 40.2 Å². The number of hydrogen-bond acceptors (Lipinski definition) is 3. The van der Waals surface area contributed by atoms with Gasteiger partial charge < -0.3 is 10.1 Å². The van der Waals surface area contributed by atoms with E-state index >= 15 is 0 Å². The molecule has 1 aromatic heterocycles. The van der Waals surface area contributed by atoms with Crippen LogP contribution in [0, 0.1) is 0 Å². The molecule has 0 aliphatic rings. The van der Waals surface area contributed by atoms with Gasteiger partial charge in [-0.2, -0.15) is 0 Å². The zero-order valence-electron chi connectivity index (χ0n) is 11.5. The third kappa shape index (κ3) is 3.81. The van der Waals surface area contributed by atoms with Crippen molar-refractivity contribution in [2.24, 2.45) is 0 Å². The smallest absolute Gasteiger partial charge is 0.142 e. The van der Waals surface area contributed by atoms with Crippen molar-refractivity contribution in [3.8, 4) is 5.75 Å². The molecule has 2 aromatic rings. The van der Waals surface area contributed by atoms with Gasteiger partial charge in [-0.15, -0.1) is 11.3 Å². The van der Waals surface area contributed by atoms with Crippen LogP contribution in [-0.2, 0) is 0 Å². The number of rotatable bonds is 6. The van der Waals surface area contributed by atoms with Crippen LogP contribution in [0.3, 0.4) is 0 Å². The molecule has 20 heavy (non-hydrogen) atoms. The lowest BCUT2D eigenvalue weighted by atomic mass is 10.1. The first kappa shape index (κ1) is 15.5. The minimum atomic E-state index is 0.0672. The third-order valence-corrected chi connectivity index (χ3v) is 4.39. The summed E-state index contributed by atoms with van der Waals surface area (Å²) in [7, 11) is 0. The number of ether oxygens (including phenoxy) is 1. The van der Waals surface area contributed by atoms with E-state index in [0.717, 1.165) is 27.8 Å². The van der Waals surface area contributed by atoms with Crippen molar-refractivity contribution in [2.45, 2.75) is 26.3 Å². The quantitative estimate of drug-likeness (QED) is 0.699. The summed E-state index contributed by atoms with van der Waals surface area (Å²) in [5, 5.41) is 3.43. The van der Waals surface area contributed by atoms with Crippen molar-refractivity contribution in [3.63, 3.8) is 0 Å². The number of benzene rings is 1. The Labute approximate surface area is 133 Å². The molecule has 1 unspecified atom stereocenters. The Morgan fingerprint density at radius 2 is 2.05 bits per heavy atom. The highest BCUT2D eigenvalue weighted by atomic mass is 35.5. The molecule has 2 nitrogen and oxygen atoms in total. The van der Waals surface area contributed by atoms with E-state index in [4.69, 9.17) is 27.9 Å². The first-order valence-corrected chi connectivity index (χ1v) is 8.12. The number of hydrogen-bond donors (Lipinski definition) is 1. The molecule has 0 amide bonds. The molecule has 2 rings (SSSR count). The molecular weight excluding hydrogens is 313 g/mol. The summed E-state index contributed by atoms with van der Waals surface area (Å²) in [4.78, 5) is 0. The summed E-state index contributed by atoms with van der Waals surface area (Å²) >= 11 is 13.6. The van der Waals surface area contributed by atoms with Crippen LogP contribution in [0.2, 0.25) is 8.67 Å². The van der Waals surface area contributed by atoms with Crippen LogP contribution in [0.5, 0.6) is 5.75 Å². The minimum Gasteiger partial charge on any atom is -0.491 e. The Hall–Kier alpha value is -0.900. The predicted octanol–water partition coefficient (Wildman–Crippen LogP) is 6.02. The SMILES string of the molecule is CCCOc1ccccc1NC(C)c1cc(Cl)sc1Cl. The van der Waals surface area contributed by atoms with Crippen LogP contribution < -0.4 is 10.1 Å². The van der Waals surface area contributed by atoms with Crippen LogP contribution in [0.15, 0.2) is 30.3 Å². The molecule has 0 aliphatic carbocycles. The van der Waals surface area contributed by atoms with E-state index in [9.17, 15) is 0 Å². The largest absolute Gasteiger partial charge is 0.491 e. The summed E-state index contributed by atoms with van der Waals surface area (Å²) in [6, 6.07) is 9.89. The fourth-order valence-electron chi connectivity index (χ4n) is 1.88. The van der Waals surface area contributed by atoms with Crippen molar-refractivity contribution < 1.29 is 4.74 Å². The molecule has 0 bridgehead atoms. The van der Waals surface area contributed by atoms with E-state index < -0.39 is 0 Å². The Bertz CT molecular complexity index is 571. The molecule has 108 valence electrons.